The largest absolute Gasteiger partial charge is 0.353 e. The maximum Gasteiger partial charge on any atom is 0.140 e. The van der Waals surface area contributed by atoms with E-state index < -0.39 is 0 Å². The zero-order valence-corrected chi connectivity index (χ0v) is 19.3. The van der Waals surface area contributed by atoms with Crippen molar-refractivity contribution in [2.75, 3.05) is 25.0 Å². The lowest BCUT2D eigenvalue weighted by molar-refractivity contribution is 0.282. The Morgan fingerprint density at radius 3 is 2.71 bits per heavy atom. The van der Waals surface area contributed by atoms with Crippen molar-refractivity contribution in [3.8, 4) is 0 Å². The number of fused-ring (bicyclic) bond motifs is 4. The Bertz CT molecular complexity index is 1380. The second-order valence-corrected chi connectivity index (χ2v) is 9.84. The molecule has 3 aromatic carbocycles. The van der Waals surface area contributed by atoms with Gasteiger partial charge in [0.25, 0.3) is 0 Å². The molecular weight excluding hydrogens is 450 g/mol. The molecule has 2 aliphatic rings. The Hall–Kier alpha value is -3.29. The first-order valence-corrected chi connectivity index (χ1v) is 12.4. The third-order valence-corrected chi connectivity index (χ3v) is 7.59. The molecule has 1 saturated heterocycles. The highest BCUT2D eigenvalue weighted by atomic mass is 32.1. The number of anilines is 2. The minimum Gasteiger partial charge on any atom is -0.353 e. The van der Waals surface area contributed by atoms with E-state index in [0.717, 1.165) is 65.5 Å². The predicted octanol–water partition coefficient (Wildman–Crippen LogP) is 6.22. The van der Waals surface area contributed by atoms with Crippen LogP contribution in [0.1, 0.15) is 17.5 Å². The summed E-state index contributed by atoms with van der Waals surface area (Å²) in [5.74, 6) is 0.443. The fourth-order valence-corrected chi connectivity index (χ4v) is 5.90. The number of hydrogen-bond acceptors (Lipinski definition) is 5. The third-order valence-electron chi connectivity index (χ3n) is 6.50. The lowest BCUT2D eigenvalue weighted by Crippen LogP contribution is -2.52. The van der Waals surface area contributed by atoms with Gasteiger partial charge in [0, 0.05) is 35.8 Å². The Morgan fingerprint density at radius 2 is 1.82 bits per heavy atom. The number of nitrogens with zero attached hydrogens (tertiary/aromatic N) is 2. The minimum absolute atomic E-state index is 0.204. The van der Waals surface area contributed by atoms with Gasteiger partial charge in [0.1, 0.15) is 22.5 Å². The molecule has 0 aliphatic carbocycles. The molecule has 34 heavy (non-hydrogen) atoms. The van der Waals surface area contributed by atoms with E-state index in [-0.39, 0.29) is 11.6 Å². The van der Waals surface area contributed by atoms with E-state index in [0.29, 0.717) is 11.7 Å². The fourth-order valence-electron chi connectivity index (χ4n) is 4.79. The number of nitrogens with one attached hydrogen (secondary N) is 2. The van der Waals surface area contributed by atoms with Crippen LogP contribution in [0.4, 0.5) is 25.2 Å². The van der Waals surface area contributed by atoms with Crippen LogP contribution in [0.2, 0.25) is 0 Å². The number of amidine groups is 1. The average molecular weight is 475 g/mol. The van der Waals surface area contributed by atoms with Gasteiger partial charge >= 0.3 is 0 Å². The number of aryl methyl sites for hydroxylation is 1. The van der Waals surface area contributed by atoms with Crippen molar-refractivity contribution in [2.45, 2.75) is 18.9 Å². The first-order chi connectivity index (χ1) is 16.6. The molecule has 2 aliphatic heterocycles. The summed E-state index contributed by atoms with van der Waals surface area (Å²) in [7, 11) is 0. The summed E-state index contributed by atoms with van der Waals surface area (Å²) >= 11 is 1.67. The number of rotatable bonds is 3. The molecule has 1 aromatic heterocycles. The molecule has 0 saturated carbocycles. The van der Waals surface area contributed by atoms with E-state index >= 15 is 0 Å². The van der Waals surface area contributed by atoms with Crippen LogP contribution in [0, 0.1) is 11.6 Å². The van der Waals surface area contributed by atoms with Gasteiger partial charge in [0.2, 0.25) is 0 Å². The number of thiophene rings is 1. The van der Waals surface area contributed by atoms with Crippen molar-refractivity contribution in [3.63, 3.8) is 0 Å². The maximum atomic E-state index is 14.0. The van der Waals surface area contributed by atoms with Crippen molar-refractivity contribution in [1.29, 1.82) is 0 Å². The van der Waals surface area contributed by atoms with Gasteiger partial charge in [-0.15, -0.1) is 11.3 Å². The van der Waals surface area contributed by atoms with E-state index in [2.05, 4.69) is 27.7 Å². The van der Waals surface area contributed by atoms with Crippen LogP contribution in [-0.2, 0) is 6.42 Å². The topological polar surface area (TPSA) is 39.7 Å². The zero-order chi connectivity index (χ0) is 23.1. The number of hydrogen-bond donors (Lipinski definition) is 2. The molecule has 1 atom stereocenters. The number of benzene rings is 3. The van der Waals surface area contributed by atoms with Crippen molar-refractivity contribution in [3.05, 3.63) is 89.5 Å². The van der Waals surface area contributed by atoms with Crippen LogP contribution in [0.5, 0.6) is 0 Å². The fraction of sp³-hybridized carbons (Fsp3) is 0.222. The molecule has 1 fully saturated rings. The van der Waals surface area contributed by atoms with E-state index in [1.165, 1.54) is 29.0 Å². The molecule has 1 unspecified atom stereocenters. The standard InChI is InChI=1S/C27H24F2N4S/c28-18-8-5-17(6-9-18)7-11-20-16-33(14-13-30-20)26-25-21-3-1-2-4-24(21)34-27(25)32-23-15-19(29)10-12-22(23)31-26/h1-6,8-10,12,15,20,30,32H,7,11,13-14,16H2. The molecule has 0 amide bonds. The quantitative estimate of drug-likeness (QED) is 0.370. The third kappa shape index (κ3) is 4.06. The first-order valence-electron chi connectivity index (χ1n) is 11.5. The minimum atomic E-state index is -0.282. The summed E-state index contributed by atoms with van der Waals surface area (Å²) < 4.78 is 28.5. The maximum absolute atomic E-state index is 14.0. The van der Waals surface area contributed by atoms with Crippen molar-refractivity contribution < 1.29 is 8.78 Å². The van der Waals surface area contributed by atoms with Crippen LogP contribution < -0.4 is 10.6 Å². The Labute approximate surface area is 200 Å². The summed E-state index contributed by atoms with van der Waals surface area (Å²) in [5.41, 5.74) is 3.64. The van der Waals surface area contributed by atoms with Crippen molar-refractivity contribution in [1.82, 2.24) is 10.2 Å². The number of aliphatic imine (C=N–C) groups is 1. The monoisotopic (exact) mass is 474 g/mol. The summed E-state index contributed by atoms with van der Waals surface area (Å²) in [5, 5.41) is 9.24. The van der Waals surface area contributed by atoms with E-state index in [9.17, 15) is 8.78 Å². The van der Waals surface area contributed by atoms with Crippen molar-refractivity contribution >= 4 is 43.6 Å². The van der Waals surface area contributed by atoms with E-state index in [4.69, 9.17) is 4.99 Å². The second-order valence-electron chi connectivity index (χ2n) is 8.79. The predicted molar refractivity (Wildman–Crippen MR) is 136 cm³/mol. The molecule has 4 aromatic rings. The van der Waals surface area contributed by atoms with Gasteiger partial charge < -0.3 is 15.5 Å². The van der Waals surface area contributed by atoms with Gasteiger partial charge in [-0.05, 0) is 54.8 Å². The Morgan fingerprint density at radius 1 is 1.00 bits per heavy atom. The average Bonchev–Trinajstić information content (AvgIpc) is 3.13. The SMILES string of the molecule is Fc1ccc(CCC2CN(C3=Nc4ccc(F)cc4Nc4sc5ccccc5c43)CCN2)cc1. The highest BCUT2D eigenvalue weighted by molar-refractivity contribution is 7.23. The lowest BCUT2D eigenvalue weighted by Gasteiger charge is -2.36. The van der Waals surface area contributed by atoms with Gasteiger partial charge in [-0.3, -0.25) is 0 Å². The molecule has 172 valence electrons. The molecule has 0 radical (unpaired) electrons. The Balaban J connectivity index is 1.34. The molecule has 4 nitrogen and oxygen atoms in total. The molecule has 2 N–H and O–H groups in total. The van der Waals surface area contributed by atoms with Crippen LogP contribution in [-0.4, -0.2) is 36.4 Å². The zero-order valence-electron chi connectivity index (χ0n) is 18.5. The van der Waals surface area contributed by atoms with Crippen LogP contribution in [0.25, 0.3) is 10.1 Å². The van der Waals surface area contributed by atoms with E-state index in [1.807, 2.05) is 24.3 Å². The summed E-state index contributed by atoms with van der Waals surface area (Å²) in [6.45, 7) is 2.51. The van der Waals surface area contributed by atoms with Gasteiger partial charge in [0.05, 0.1) is 16.9 Å². The van der Waals surface area contributed by atoms with Gasteiger partial charge in [-0.25, -0.2) is 13.8 Å². The normalized spacial score (nSPS) is 17.5. The number of halogens is 2. The number of piperazine rings is 1. The van der Waals surface area contributed by atoms with Gasteiger partial charge in [0.15, 0.2) is 0 Å². The summed E-state index contributed by atoms with van der Waals surface area (Å²) in [6.07, 6.45) is 1.83. The van der Waals surface area contributed by atoms with Crippen LogP contribution in [0.15, 0.2) is 71.7 Å². The summed E-state index contributed by atoms with van der Waals surface area (Å²) in [4.78, 5) is 7.43. The van der Waals surface area contributed by atoms with E-state index in [1.54, 1.807) is 17.4 Å². The highest BCUT2D eigenvalue weighted by Crippen LogP contribution is 2.43. The molecule has 6 rings (SSSR count). The second kappa shape index (κ2) is 8.81. The van der Waals surface area contributed by atoms with Gasteiger partial charge in [-0.1, -0.05) is 30.3 Å². The van der Waals surface area contributed by atoms with Crippen LogP contribution in [0.3, 0.4) is 0 Å². The van der Waals surface area contributed by atoms with Gasteiger partial charge in [-0.2, -0.15) is 0 Å². The molecule has 0 bridgehead atoms. The lowest BCUT2D eigenvalue weighted by atomic mass is 10.0. The van der Waals surface area contributed by atoms with Crippen LogP contribution >= 0.6 is 11.3 Å². The highest BCUT2D eigenvalue weighted by Gasteiger charge is 2.29. The Kier molecular flexibility index (Phi) is 5.51. The molecule has 3 heterocycles. The smallest absolute Gasteiger partial charge is 0.140 e. The summed E-state index contributed by atoms with van der Waals surface area (Å²) in [6, 6.07) is 20.1. The van der Waals surface area contributed by atoms with Crippen molar-refractivity contribution in [2.24, 2.45) is 4.99 Å². The molecule has 7 heteroatoms. The molecule has 0 spiro atoms. The first kappa shape index (κ1) is 21.3. The molecular formula is C27H24F2N4S.